The second-order valence-electron chi connectivity index (χ2n) is 9.38. The van der Waals surface area contributed by atoms with E-state index in [1.165, 1.54) is 30.2 Å². The molecule has 3 aromatic carbocycles. The number of anilines is 1. The molecule has 11 heteroatoms. The Morgan fingerprint density at radius 2 is 1.68 bits per heavy atom. The van der Waals surface area contributed by atoms with Gasteiger partial charge in [-0.1, -0.05) is 48.9 Å². The van der Waals surface area contributed by atoms with Crippen LogP contribution in [-0.4, -0.2) is 50.9 Å². The molecule has 3 rings (SSSR count). The molecule has 0 aliphatic carbocycles. The molecule has 0 bridgehead atoms. The van der Waals surface area contributed by atoms with Gasteiger partial charge in [-0.2, -0.15) is 0 Å². The number of halogens is 2. The average Bonchev–Trinajstić information content (AvgIpc) is 2.93. The van der Waals surface area contributed by atoms with Crippen LogP contribution >= 0.6 is 11.6 Å². The van der Waals surface area contributed by atoms with Gasteiger partial charge in [0.05, 0.1) is 22.7 Å². The van der Waals surface area contributed by atoms with Crippen molar-refractivity contribution in [2.45, 2.75) is 50.7 Å². The van der Waals surface area contributed by atoms with E-state index in [1.807, 2.05) is 13.8 Å². The molecule has 40 heavy (non-hydrogen) atoms. The Bertz CT molecular complexity index is 1420. The Hall–Kier alpha value is -3.63. The molecule has 1 N–H and O–H groups in total. The largest absolute Gasteiger partial charge is 0.497 e. The molecule has 8 nitrogen and oxygen atoms in total. The average molecular weight is 590 g/mol. The van der Waals surface area contributed by atoms with Crippen LogP contribution in [0.1, 0.15) is 32.8 Å². The minimum atomic E-state index is -4.28. The molecule has 3 aromatic rings. The number of nitrogens with one attached hydrogen (secondary N) is 1. The Labute approximate surface area is 239 Å². The Balaban J connectivity index is 2.07. The topological polar surface area (TPSA) is 96.0 Å². The lowest BCUT2D eigenvalue weighted by Gasteiger charge is -2.33. The normalized spacial score (nSPS) is 12.1. The summed E-state index contributed by atoms with van der Waals surface area (Å²) in [6.07, 6.45) is 0.286. The predicted molar refractivity (Wildman–Crippen MR) is 153 cm³/mol. The summed E-state index contributed by atoms with van der Waals surface area (Å²) in [6.45, 7) is 4.79. The van der Waals surface area contributed by atoms with Crippen LogP contribution in [0.15, 0.2) is 77.7 Å². The van der Waals surface area contributed by atoms with Crippen molar-refractivity contribution in [2.75, 3.05) is 18.0 Å². The van der Waals surface area contributed by atoms with Gasteiger partial charge in [0.25, 0.3) is 10.0 Å². The van der Waals surface area contributed by atoms with Crippen LogP contribution in [-0.2, 0) is 26.2 Å². The number of sulfonamides is 1. The third-order valence-electron chi connectivity index (χ3n) is 6.13. The number of hydrogen-bond acceptors (Lipinski definition) is 5. The van der Waals surface area contributed by atoms with Gasteiger partial charge in [0.2, 0.25) is 11.8 Å². The lowest BCUT2D eigenvalue weighted by Crippen LogP contribution is -2.53. The molecule has 1 atom stereocenters. The summed E-state index contributed by atoms with van der Waals surface area (Å²) in [5.74, 6) is -1.09. The van der Waals surface area contributed by atoms with Crippen molar-refractivity contribution in [1.29, 1.82) is 0 Å². The van der Waals surface area contributed by atoms with Crippen LogP contribution in [0, 0.1) is 5.82 Å². The SMILES string of the molecule is CC[C@H](C(=O)NC(C)C)N(Cc1ccc(OC)cc1)C(=O)CN(c1ccc(F)c(Cl)c1)S(=O)(=O)c1ccccc1. The van der Waals surface area contributed by atoms with Crippen molar-refractivity contribution in [2.24, 2.45) is 0 Å². The summed E-state index contributed by atoms with van der Waals surface area (Å²) in [6, 6.07) is 17.0. The van der Waals surface area contributed by atoms with E-state index in [2.05, 4.69) is 5.32 Å². The van der Waals surface area contributed by atoms with E-state index < -0.39 is 34.3 Å². The Kier molecular flexibility index (Phi) is 10.5. The summed E-state index contributed by atoms with van der Waals surface area (Å²) in [4.78, 5) is 28.4. The van der Waals surface area contributed by atoms with Gasteiger partial charge in [0, 0.05) is 12.6 Å². The number of hydrogen-bond donors (Lipinski definition) is 1. The monoisotopic (exact) mass is 589 g/mol. The molecule has 0 aromatic heterocycles. The first kappa shape index (κ1) is 30.9. The van der Waals surface area contributed by atoms with Crippen molar-refractivity contribution >= 4 is 39.1 Å². The fourth-order valence-corrected chi connectivity index (χ4v) is 5.72. The quantitative estimate of drug-likeness (QED) is 0.320. The van der Waals surface area contributed by atoms with Crippen LogP contribution in [0.2, 0.25) is 5.02 Å². The zero-order valence-electron chi connectivity index (χ0n) is 22.8. The maximum Gasteiger partial charge on any atom is 0.264 e. The third kappa shape index (κ3) is 7.51. The molecule has 2 amide bonds. The van der Waals surface area contributed by atoms with Crippen LogP contribution in [0.4, 0.5) is 10.1 Å². The van der Waals surface area contributed by atoms with Crippen molar-refractivity contribution in [3.05, 3.63) is 89.2 Å². The van der Waals surface area contributed by atoms with Gasteiger partial charge < -0.3 is 15.0 Å². The number of methoxy groups -OCH3 is 1. The van der Waals surface area contributed by atoms with E-state index in [-0.39, 0.29) is 40.5 Å². The highest BCUT2D eigenvalue weighted by Crippen LogP contribution is 2.28. The van der Waals surface area contributed by atoms with Gasteiger partial charge in [0.1, 0.15) is 24.2 Å². The summed E-state index contributed by atoms with van der Waals surface area (Å²) in [5, 5.41) is 2.55. The van der Waals surface area contributed by atoms with E-state index in [0.717, 1.165) is 16.4 Å². The Morgan fingerprint density at radius 1 is 1.02 bits per heavy atom. The minimum absolute atomic E-state index is 0.00711. The minimum Gasteiger partial charge on any atom is -0.497 e. The highest BCUT2D eigenvalue weighted by molar-refractivity contribution is 7.92. The lowest BCUT2D eigenvalue weighted by molar-refractivity contribution is -0.140. The first-order valence-corrected chi connectivity index (χ1v) is 14.5. The van der Waals surface area contributed by atoms with Gasteiger partial charge >= 0.3 is 0 Å². The molecule has 0 radical (unpaired) electrons. The Morgan fingerprint density at radius 3 is 2.23 bits per heavy atom. The van der Waals surface area contributed by atoms with E-state index in [9.17, 15) is 22.4 Å². The van der Waals surface area contributed by atoms with Crippen LogP contribution < -0.4 is 14.4 Å². The summed E-state index contributed by atoms with van der Waals surface area (Å²) in [5.41, 5.74) is 0.722. The van der Waals surface area contributed by atoms with E-state index in [4.69, 9.17) is 16.3 Å². The number of ether oxygens (including phenoxy) is 1. The molecule has 0 aliphatic rings. The number of nitrogens with zero attached hydrogens (tertiary/aromatic N) is 2. The molecule has 0 fully saturated rings. The standard InChI is InChI=1S/C29H33ClFN3O5S/c1-5-27(29(36)32-20(2)3)33(18-21-11-14-23(39-4)15-12-21)28(35)19-34(22-13-16-26(31)25(30)17-22)40(37,38)24-9-7-6-8-10-24/h6-17,20,27H,5,18-19H2,1-4H3,(H,32,36)/t27-/m1/s1. The zero-order valence-corrected chi connectivity index (χ0v) is 24.4. The van der Waals surface area contributed by atoms with Crippen LogP contribution in [0.3, 0.4) is 0 Å². The highest BCUT2D eigenvalue weighted by atomic mass is 35.5. The molecule has 214 valence electrons. The third-order valence-corrected chi connectivity index (χ3v) is 8.21. The maximum atomic E-state index is 14.0. The fourth-order valence-electron chi connectivity index (χ4n) is 4.12. The first-order chi connectivity index (χ1) is 19.0. The maximum absolute atomic E-state index is 14.0. The fraction of sp³-hybridized carbons (Fsp3) is 0.310. The molecule has 0 spiro atoms. The number of amides is 2. The number of carbonyl (C=O) groups is 2. The highest BCUT2D eigenvalue weighted by Gasteiger charge is 2.34. The summed E-state index contributed by atoms with van der Waals surface area (Å²) >= 11 is 5.99. The first-order valence-electron chi connectivity index (χ1n) is 12.7. The van der Waals surface area contributed by atoms with E-state index in [0.29, 0.717) is 11.3 Å². The van der Waals surface area contributed by atoms with E-state index >= 15 is 0 Å². The molecule has 0 heterocycles. The number of rotatable bonds is 12. The van der Waals surface area contributed by atoms with Crippen molar-refractivity contribution in [1.82, 2.24) is 10.2 Å². The van der Waals surface area contributed by atoms with Crippen molar-refractivity contribution < 1.29 is 27.1 Å². The van der Waals surface area contributed by atoms with Gasteiger partial charge in [0.15, 0.2) is 0 Å². The lowest BCUT2D eigenvalue weighted by atomic mass is 10.1. The number of carbonyl (C=O) groups excluding carboxylic acids is 2. The second kappa shape index (κ2) is 13.6. The predicted octanol–water partition coefficient (Wildman–Crippen LogP) is 5.02. The smallest absolute Gasteiger partial charge is 0.264 e. The van der Waals surface area contributed by atoms with Crippen LogP contribution in [0.25, 0.3) is 0 Å². The molecule has 0 saturated heterocycles. The summed E-state index contributed by atoms with van der Waals surface area (Å²) < 4.78 is 47.6. The second-order valence-corrected chi connectivity index (χ2v) is 11.6. The van der Waals surface area contributed by atoms with Gasteiger partial charge in [-0.3, -0.25) is 13.9 Å². The number of benzene rings is 3. The zero-order chi connectivity index (χ0) is 29.4. The van der Waals surface area contributed by atoms with Gasteiger partial charge in [-0.05, 0) is 68.3 Å². The summed E-state index contributed by atoms with van der Waals surface area (Å²) in [7, 11) is -2.74. The van der Waals surface area contributed by atoms with Crippen LogP contribution in [0.5, 0.6) is 5.75 Å². The molecule has 0 aliphatic heterocycles. The van der Waals surface area contributed by atoms with E-state index in [1.54, 1.807) is 49.4 Å². The van der Waals surface area contributed by atoms with Gasteiger partial charge in [-0.15, -0.1) is 0 Å². The van der Waals surface area contributed by atoms with Crippen molar-refractivity contribution in [3.8, 4) is 5.75 Å². The van der Waals surface area contributed by atoms with Crippen molar-refractivity contribution in [3.63, 3.8) is 0 Å². The molecule has 0 saturated carbocycles. The molecule has 0 unspecified atom stereocenters. The van der Waals surface area contributed by atoms with Gasteiger partial charge in [-0.25, -0.2) is 12.8 Å². The molecular weight excluding hydrogens is 557 g/mol. The molecular formula is C29H33ClFN3O5S.